The van der Waals surface area contributed by atoms with Crippen LogP contribution in [0.2, 0.25) is 0 Å². The summed E-state index contributed by atoms with van der Waals surface area (Å²) in [5, 5.41) is 1.78. The molecular weight excluding hydrogens is 236 g/mol. The van der Waals surface area contributed by atoms with E-state index in [9.17, 15) is 4.79 Å². The van der Waals surface area contributed by atoms with Crippen molar-refractivity contribution in [2.24, 2.45) is 0 Å². The van der Waals surface area contributed by atoms with Crippen LogP contribution in [0.4, 0.5) is 0 Å². The molecule has 1 aliphatic rings. The van der Waals surface area contributed by atoms with Crippen molar-refractivity contribution >= 4 is 17.2 Å². The maximum atomic E-state index is 11.9. The van der Waals surface area contributed by atoms with Crippen LogP contribution in [-0.4, -0.2) is 38.8 Å². The first kappa shape index (κ1) is 10.3. The first-order valence-corrected chi connectivity index (χ1v) is 6.22. The SMILES string of the molecule is O=C(c1cscn1)N1CC(c2ccncn2)C1. The summed E-state index contributed by atoms with van der Waals surface area (Å²) in [6.45, 7) is 1.43. The van der Waals surface area contributed by atoms with Gasteiger partial charge in [0.2, 0.25) is 0 Å². The van der Waals surface area contributed by atoms with E-state index in [1.165, 1.54) is 11.3 Å². The van der Waals surface area contributed by atoms with Gasteiger partial charge in [-0.15, -0.1) is 11.3 Å². The van der Waals surface area contributed by atoms with Gasteiger partial charge in [0.25, 0.3) is 5.91 Å². The van der Waals surface area contributed by atoms with E-state index in [1.807, 2.05) is 6.07 Å². The number of rotatable bonds is 2. The van der Waals surface area contributed by atoms with Gasteiger partial charge < -0.3 is 4.90 Å². The normalized spacial score (nSPS) is 15.6. The molecule has 1 saturated heterocycles. The molecule has 2 aromatic heterocycles. The molecule has 0 saturated carbocycles. The number of carbonyl (C=O) groups excluding carboxylic acids is 1. The van der Waals surface area contributed by atoms with E-state index in [-0.39, 0.29) is 5.91 Å². The highest BCUT2D eigenvalue weighted by Gasteiger charge is 2.33. The molecule has 0 bridgehead atoms. The number of amides is 1. The second kappa shape index (κ2) is 4.21. The van der Waals surface area contributed by atoms with Gasteiger partial charge in [-0.05, 0) is 6.07 Å². The monoisotopic (exact) mass is 246 g/mol. The van der Waals surface area contributed by atoms with Crippen LogP contribution in [-0.2, 0) is 0 Å². The minimum Gasteiger partial charge on any atom is -0.336 e. The number of nitrogens with zero attached hydrogens (tertiary/aromatic N) is 4. The van der Waals surface area contributed by atoms with Crippen LogP contribution < -0.4 is 0 Å². The van der Waals surface area contributed by atoms with Crippen molar-refractivity contribution < 1.29 is 4.79 Å². The Balaban J connectivity index is 1.64. The summed E-state index contributed by atoms with van der Waals surface area (Å²) in [6, 6.07) is 1.90. The lowest BCUT2D eigenvalue weighted by Crippen LogP contribution is -2.48. The van der Waals surface area contributed by atoms with Crippen LogP contribution in [0.3, 0.4) is 0 Å². The lowest BCUT2D eigenvalue weighted by atomic mass is 9.96. The largest absolute Gasteiger partial charge is 0.336 e. The van der Waals surface area contributed by atoms with Gasteiger partial charge in [-0.2, -0.15) is 0 Å². The molecule has 17 heavy (non-hydrogen) atoms. The molecule has 1 aliphatic heterocycles. The summed E-state index contributed by atoms with van der Waals surface area (Å²) in [4.78, 5) is 25.8. The second-order valence-corrected chi connectivity index (χ2v) is 4.63. The average molecular weight is 246 g/mol. The van der Waals surface area contributed by atoms with Crippen molar-refractivity contribution in [3.05, 3.63) is 40.9 Å². The quantitative estimate of drug-likeness (QED) is 0.798. The standard InChI is InChI=1S/C11H10N4OS/c16-11(10-5-17-7-14-10)15-3-8(4-15)9-1-2-12-6-13-9/h1-2,5-8H,3-4H2. The maximum absolute atomic E-state index is 11.9. The van der Waals surface area contributed by atoms with Crippen LogP contribution in [0.25, 0.3) is 0 Å². The van der Waals surface area contributed by atoms with Crippen LogP contribution in [0.1, 0.15) is 22.1 Å². The summed E-state index contributed by atoms with van der Waals surface area (Å²) < 4.78 is 0. The van der Waals surface area contributed by atoms with Crippen LogP contribution in [0, 0.1) is 0 Å². The third-order valence-electron chi connectivity index (χ3n) is 2.84. The zero-order valence-electron chi connectivity index (χ0n) is 8.98. The van der Waals surface area contributed by atoms with Gasteiger partial charge >= 0.3 is 0 Å². The van der Waals surface area contributed by atoms with E-state index in [1.54, 1.807) is 28.3 Å². The molecule has 0 spiro atoms. The zero-order chi connectivity index (χ0) is 11.7. The van der Waals surface area contributed by atoms with Gasteiger partial charge in [-0.25, -0.2) is 15.0 Å². The van der Waals surface area contributed by atoms with Crippen molar-refractivity contribution in [3.8, 4) is 0 Å². The Morgan fingerprint density at radius 1 is 1.41 bits per heavy atom. The van der Waals surface area contributed by atoms with Crippen LogP contribution in [0.15, 0.2) is 29.5 Å². The topological polar surface area (TPSA) is 59.0 Å². The van der Waals surface area contributed by atoms with Crippen LogP contribution >= 0.6 is 11.3 Å². The fourth-order valence-corrected chi connectivity index (χ4v) is 2.38. The van der Waals surface area contributed by atoms with Gasteiger partial charge in [-0.3, -0.25) is 4.79 Å². The molecule has 0 N–H and O–H groups in total. The minimum atomic E-state index is 0.0107. The molecule has 3 heterocycles. The minimum absolute atomic E-state index is 0.0107. The lowest BCUT2D eigenvalue weighted by molar-refractivity contribution is 0.0593. The highest BCUT2D eigenvalue weighted by atomic mass is 32.1. The Kier molecular flexibility index (Phi) is 2.56. The molecule has 1 amide bonds. The molecule has 6 heteroatoms. The van der Waals surface area contributed by atoms with Crippen molar-refractivity contribution in [2.45, 2.75) is 5.92 Å². The Morgan fingerprint density at radius 3 is 2.94 bits per heavy atom. The average Bonchev–Trinajstić information content (AvgIpc) is 2.81. The number of carbonyl (C=O) groups is 1. The fraction of sp³-hybridized carbons (Fsp3) is 0.273. The van der Waals surface area contributed by atoms with Gasteiger partial charge in [-0.1, -0.05) is 0 Å². The van der Waals surface area contributed by atoms with Gasteiger partial charge in [0.15, 0.2) is 0 Å². The van der Waals surface area contributed by atoms with E-state index < -0.39 is 0 Å². The van der Waals surface area contributed by atoms with Gasteiger partial charge in [0, 0.05) is 30.6 Å². The van der Waals surface area contributed by atoms with Crippen molar-refractivity contribution in [1.82, 2.24) is 19.9 Å². The molecule has 0 aliphatic carbocycles. The summed E-state index contributed by atoms with van der Waals surface area (Å²) in [7, 11) is 0. The molecule has 0 unspecified atom stereocenters. The molecule has 2 aromatic rings. The Hall–Kier alpha value is -1.82. The van der Waals surface area contributed by atoms with Crippen molar-refractivity contribution in [2.75, 3.05) is 13.1 Å². The predicted molar refractivity (Wildman–Crippen MR) is 62.8 cm³/mol. The third-order valence-corrected chi connectivity index (χ3v) is 3.43. The smallest absolute Gasteiger partial charge is 0.273 e. The molecule has 3 rings (SSSR count). The number of hydrogen-bond donors (Lipinski definition) is 0. The van der Waals surface area contributed by atoms with E-state index in [4.69, 9.17) is 0 Å². The van der Waals surface area contributed by atoms with Gasteiger partial charge in [0.05, 0.1) is 11.2 Å². The second-order valence-electron chi connectivity index (χ2n) is 3.91. The summed E-state index contributed by atoms with van der Waals surface area (Å²) in [5.41, 5.74) is 3.22. The van der Waals surface area contributed by atoms with E-state index in [2.05, 4.69) is 15.0 Å². The Morgan fingerprint density at radius 2 is 2.29 bits per heavy atom. The molecule has 0 atom stereocenters. The van der Waals surface area contributed by atoms with E-state index >= 15 is 0 Å². The van der Waals surface area contributed by atoms with Gasteiger partial charge in [0.1, 0.15) is 12.0 Å². The summed E-state index contributed by atoms with van der Waals surface area (Å²) in [5.74, 6) is 0.345. The number of aromatic nitrogens is 3. The van der Waals surface area contributed by atoms with Crippen molar-refractivity contribution in [3.63, 3.8) is 0 Å². The molecular formula is C11H10N4OS. The molecule has 86 valence electrons. The maximum Gasteiger partial charge on any atom is 0.273 e. The Bertz CT molecular complexity index is 508. The van der Waals surface area contributed by atoms with E-state index in [0.29, 0.717) is 24.7 Å². The highest BCUT2D eigenvalue weighted by molar-refractivity contribution is 7.07. The van der Waals surface area contributed by atoms with E-state index in [0.717, 1.165) is 5.69 Å². The molecule has 0 radical (unpaired) electrons. The number of thiazole rings is 1. The Labute approximate surface area is 102 Å². The summed E-state index contributed by atoms with van der Waals surface area (Å²) >= 11 is 1.44. The first-order valence-electron chi connectivity index (χ1n) is 5.28. The zero-order valence-corrected chi connectivity index (χ0v) is 9.80. The predicted octanol–water partition coefficient (Wildman–Crippen LogP) is 1.17. The van der Waals surface area contributed by atoms with Crippen LogP contribution in [0.5, 0.6) is 0 Å². The third kappa shape index (κ3) is 1.91. The summed E-state index contributed by atoms with van der Waals surface area (Å²) in [6.07, 6.45) is 3.27. The molecule has 5 nitrogen and oxygen atoms in total. The number of likely N-dealkylation sites (tertiary alicyclic amines) is 1. The first-order chi connectivity index (χ1) is 8.34. The molecule has 1 fully saturated rings. The lowest BCUT2D eigenvalue weighted by Gasteiger charge is -2.38. The fourth-order valence-electron chi connectivity index (χ4n) is 1.85. The van der Waals surface area contributed by atoms with Crippen molar-refractivity contribution in [1.29, 1.82) is 0 Å². The molecule has 0 aromatic carbocycles. The highest BCUT2D eigenvalue weighted by Crippen LogP contribution is 2.26. The number of hydrogen-bond acceptors (Lipinski definition) is 5.